The summed E-state index contributed by atoms with van der Waals surface area (Å²) in [5.74, 6) is 4.92. The standard InChI is InChI=1S/9C8H18O2.C8H14O.C7H12O/c9*1-5-7(9)6-10-8(2,3)4;1-5-6-7-9-8(2,3)4;1-5-6-8-7(2,3)4/h9*7,9H,5-6H2,1-4H3;1H,6-7H2,2-4H3;1H,6H2,2-4H3/t6*7-;;;;;/m111000...../s1. The summed E-state index contributed by atoms with van der Waals surface area (Å²) in [6.07, 6.45) is 14.8. The lowest BCUT2D eigenvalue weighted by atomic mass is 10.2. The van der Waals surface area contributed by atoms with Crippen molar-refractivity contribution in [1.29, 1.82) is 0 Å². The molecule has 20 nitrogen and oxygen atoms in total. The second-order valence-corrected chi connectivity index (χ2v) is 36.9. The molecule has 0 heterocycles. The van der Waals surface area contributed by atoms with Crippen molar-refractivity contribution in [2.24, 2.45) is 0 Å². The molecular formula is C87H188O20. The van der Waals surface area contributed by atoms with Gasteiger partial charge in [-0.3, -0.25) is 0 Å². The first-order valence-electron chi connectivity index (χ1n) is 39.7. The van der Waals surface area contributed by atoms with Gasteiger partial charge in [0.1, 0.15) is 6.61 Å². The van der Waals surface area contributed by atoms with Gasteiger partial charge in [-0.05, 0) is 286 Å². The highest BCUT2D eigenvalue weighted by atomic mass is 16.5. The van der Waals surface area contributed by atoms with Crippen molar-refractivity contribution < 1.29 is 98.1 Å². The molecule has 656 valence electrons. The summed E-state index contributed by atoms with van der Waals surface area (Å²) < 4.78 is 58.5. The zero-order chi connectivity index (χ0) is 87.7. The Bertz CT molecular complexity index is 1550. The number of hydrogen-bond donors (Lipinski definition) is 9. The van der Waals surface area contributed by atoms with Gasteiger partial charge in [0.05, 0.1) is 183 Å². The molecule has 0 bridgehead atoms. The average molecular weight is 1550 g/mol. The van der Waals surface area contributed by atoms with E-state index in [1.54, 1.807) is 0 Å². The minimum Gasteiger partial charge on any atom is -0.391 e. The molecule has 20 heteroatoms. The maximum absolute atomic E-state index is 9.10. The number of terminal acetylenes is 2. The van der Waals surface area contributed by atoms with Crippen LogP contribution < -0.4 is 0 Å². The first-order chi connectivity index (χ1) is 47.7. The number of ether oxygens (including phenoxy) is 11. The summed E-state index contributed by atoms with van der Waals surface area (Å²) in [5.41, 5.74) is -1.30. The molecule has 0 spiro atoms. The zero-order valence-corrected chi connectivity index (χ0v) is 78.2. The fourth-order valence-corrected chi connectivity index (χ4v) is 4.85. The van der Waals surface area contributed by atoms with Crippen LogP contribution in [-0.2, 0) is 52.1 Å². The summed E-state index contributed by atoms with van der Waals surface area (Å²) in [4.78, 5) is 0. The minimum absolute atomic E-state index is 0.0448. The van der Waals surface area contributed by atoms with Crippen LogP contribution in [-0.4, -0.2) is 235 Å². The molecule has 0 saturated heterocycles. The SMILES string of the molecule is C#CCCOC(C)(C)C.C#CCOC(C)(C)C.CCC(O)COC(C)(C)C.CCC(O)COC(C)(C)C.CCC(O)COC(C)(C)C.CC[C@@H](O)COC(C)(C)C.CC[C@@H](O)COC(C)(C)C.CC[C@@H](O)COC(C)(C)C.CC[C@H](O)COC(C)(C)C.CC[C@H](O)COC(C)(C)C.CC[C@H](O)COC(C)(C)C. The molecule has 0 aliphatic carbocycles. The van der Waals surface area contributed by atoms with E-state index in [-0.39, 0.29) is 117 Å². The molecule has 0 aliphatic heterocycles. The molecule has 0 aromatic heterocycles. The van der Waals surface area contributed by atoms with Gasteiger partial charge in [-0.15, -0.1) is 18.8 Å². The highest BCUT2D eigenvalue weighted by Crippen LogP contribution is 2.15. The van der Waals surface area contributed by atoms with E-state index in [9.17, 15) is 0 Å². The maximum Gasteiger partial charge on any atom is 0.108 e. The van der Waals surface area contributed by atoms with E-state index >= 15 is 0 Å². The third kappa shape index (κ3) is 165. The van der Waals surface area contributed by atoms with Gasteiger partial charge in [-0.25, -0.2) is 0 Å². The van der Waals surface area contributed by atoms with Crippen molar-refractivity contribution in [3.63, 3.8) is 0 Å². The quantitative estimate of drug-likeness (QED) is 0.0239. The predicted molar refractivity (Wildman–Crippen MR) is 452 cm³/mol. The molecule has 9 N–H and O–H groups in total. The van der Waals surface area contributed by atoms with Crippen molar-refractivity contribution in [2.45, 2.75) is 472 Å². The van der Waals surface area contributed by atoms with Gasteiger partial charge in [0, 0.05) is 6.42 Å². The van der Waals surface area contributed by atoms with Crippen LogP contribution in [0.5, 0.6) is 0 Å². The number of rotatable bonds is 30. The lowest BCUT2D eigenvalue weighted by molar-refractivity contribution is -0.0493. The summed E-state index contributed by atoms with van der Waals surface area (Å²) in [5, 5.41) is 81.9. The Hall–Kier alpha value is -1.68. The predicted octanol–water partition coefficient (Wildman–Crippen LogP) is 17.4. The smallest absolute Gasteiger partial charge is 0.108 e. The van der Waals surface area contributed by atoms with Crippen molar-refractivity contribution in [3.8, 4) is 24.7 Å². The van der Waals surface area contributed by atoms with Crippen LogP contribution in [0.15, 0.2) is 0 Å². The summed E-state index contributed by atoms with van der Waals surface area (Å²) in [6.45, 7) is 88.0. The molecule has 0 aromatic rings. The number of aliphatic hydroxyl groups is 9. The van der Waals surface area contributed by atoms with Gasteiger partial charge in [-0.2, -0.15) is 0 Å². The molecular weight excluding hydrogens is 1360 g/mol. The fourth-order valence-electron chi connectivity index (χ4n) is 4.85. The van der Waals surface area contributed by atoms with Crippen molar-refractivity contribution in [1.82, 2.24) is 0 Å². The molecule has 0 amide bonds. The summed E-state index contributed by atoms with van der Waals surface area (Å²) in [7, 11) is 0. The first kappa shape index (κ1) is 129. The van der Waals surface area contributed by atoms with E-state index in [1.165, 1.54) is 0 Å². The van der Waals surface area contributed by atoms with Gasteiger partial charge >= 0.3 is 0 Å². The van der Waals surface area contributed by atoms with Crippen LogP contribution in [0.25, 0.3) is 0 Å². The summed E-state index contributed by atoms with van der Waals surface area (Å²) in [6, 6.07) is 0. The van der Waals surface area contributed by atoms with Gasteiger partial charge in [-0.1, -0.05) is 68.2 Å². The molecule has 0 aliphatic rings. The molecule has 0 saturated carbocycles. The topological polar surface area (TPSA) is 284 Å². The molecule has 107 heavy (non-hydrogen) atoms. The average Bonchev–Trinajstić information content (AvgIpc) is 1.02. The number of hydrogen-bond acceptors (Lipinski definition) is 20. The van der Waals surface area contributed by atoms with E-state index in [1.807, 2.05) is 291 Å². The van der Waals surface area contributed by atoms with Gasteiger partial charge in [0.2, 0.25) is 0 Å². The van der Waals surface area contributed by atoms with Crippen LogP contribution in [0.4, 0.5) is 0 Å². The van der Waals surface area contributed by atoms with Crippen LogP contribution in [0, 0.1) is 24.7 Å². The van der Waals surface area contributed by atoms with Gasteiger partial charge < -0.3 is 98.1 Å². The van der Waals surface area contributed by atoms with Crippen LogP contribution >= 0.6 is 0 Å². The largest absolute Gasteiger partial charge is 0.391 e. The lowest BCUT2D eigenvalue weighted by Crippen LogP contribution is -2.25. The van der Waals surface area contributed by atoms with Crippen molar-refractivity contribution in [3.05, 3.63) is 0 Å². The zero-order valence-electron chi connectivity index (χ0n) is 78.2. The second kappa shape index (κ2) is 70.9. The van der Waals surface area contributed by atoms with Gasteiger partial charge in [0.15, 0.2) is 0 Å². The van der Waals surface area contributed by atoms with E-state index in [0.717, 1.165) is 57.8 Å². The molecule has 0 aromatic carbocycles. The first-order valence-corrected chi connectivity index (χ1v) is 39.7. The normalized spacial score (nSPS) is 14.6. The molecule has 0 radical (unpaired) electrons. The Morgan fingerprint density at radius 3 is 0.374 bits per heavy atom. The molecule has 3 unspecified atom stereocenters. The number of aliphatic hydroxyl groups excluding tert-OH is 9. The maximum atomic E-state index is 9.10. The fraction of sp³-hybridized carbons (Fsp3) is 0.954. The monoisotopic (exact) mass is 1550 g/mol. The molecule has 9 atom stereocenters. The Balaban J connectivity index is -0.000000105. The minimum atomic E-state index is -0.306. The Morgan fingerprint density at radius 2 is 0.308 bits per heavy atom. The molecule has 0 fully saturated rings. The van der Waals surface area contributed by atoms with Crippen molar-refractivity contribution in [2.75, 3.05) is 72.7 Å². The molecule has 0 rings (SSSR count). The Morgan fingerprint density at radius 1 is 0.196 bits per heavy atom. The van der Waals surface area contributed by atoms with Crippen LogP contribution in [0.2, 0.25) is 0 Å². The summed E-state index contributed by atoms with van der Waals surface area (Å²) >= 11 is 0. The van der Waals surface area contributed by atoms with E-state index in [2.05, 4.69) is 11.8 Å². The second-order valence-electron chi connectivity index (χ2n) is 36.9. The van der Waals surface area contributed by atoms with E-state index in [4.69, 9.17) is 111 Å². The van der Waals surface area contributed by atoms with Crippen LogP contribution in [0.1, 0.15) is 355 Å². The Labute approximate surface area is 664 Å². The van der Waals surface area contributed by atoms with Crippen LogP contribution in [0.3, 0.4) is 0 Å². The van der Waals surface area contributed by atoms with Gasteiger partial charge in [0.25, 0.3) is 0 Å². The highest BCUT2D eigenvalue weighted by Gasteiger charge is 2.19. The van der Waals surface area contributed by atoms with E-state index < -0.39 is 0 Å². The Kier molecular flexibility index (Phi) is 85.4. The van der Waals surface area contributed by atoms with Crippen molar-refractivity contribution >= 4 is 0 Å². The third-order valence-electron chi connectivity index (χ3n) is 12.0. The lowest BCUT2D eigenvalue weighted by Gasteiger charge is -2.21. The third-order valence-corrected chi connectivity index (χ3v) is 12.0. The van der Waals surface area contributed by atoms with E-state index in [0.29, 0.717) is 79.1 Å². The highest BCUT2D eigenvalue weighted by molar-refractivity contribution is 4.84.